The lowest BCUT2D eigenvalue weighted by Crippen LogP contribution is -2.01. The van der Waals surface area contributed by atoms with Gasteiger partial charge in [0.15, 0.2) is 0 Å². The lowest BCUT2D eigenvalue weighted by atomic mass is 10.2. The molecule has 6 heteroatoms. The molecule has 94 valence electrons. The zero-order valence-corrected chi connectivity index (χ0v) is 11.2. The molecule has 0 amide bonds. The van der Waals surface area contributed by atoms with E-state index in [1.54, 1.807) is 24.3 Å². The SMILES string of the molecule is N#Cc1ccc(Br)cc1Nc1ccc(C(=O)O)nc1. The number of nitrogens with zero attached hydrogens (tertiary/aromatic N) is 2. The standard InChI is InChI=1S/C13H8BrN3O2/c14-9-2-1-8(6-15)12(5-9)17-10-3-4-11(13(18)19)16-7-10/h1-5,7,17H,(H,18,19). The number of hydrogen-bond acceptors (Lipinski definition) is 4. The third kappa shape index (κ3) is 3.09. The zero-order chi connectivity index (χ0) is 13.8. The maximum absolute atomic E-state index is 10.7. The van der Waals surface area contributed by atoms with Crippen LogP contribution in [0.2, 0.25) is 0 Å². The fourth-order valence-corrected chi connectivity index (χ4v) is 1.83. The van der Waals surface area contributed by atoms with Crippen LogP contribution in [0.5, 0.6) is 0 Å². The fourth-order valence-electron chi connectivity index (χ4n) is 1.47. The zero-order valence-electron chi connectivity index (χ0n) is 9.59. The van der Waals surface area contributed by atoms with Crippen molar-refractivity contribution in [3.05, 3.63) is 52.3 Å². The topological polar surface area (TPSA) is 86.0 Å². The number of anilines is 2. The number of carbonyl (C=O) groups is 1. The second kappa shape index (κ2) is 5.50. The van der Waals surface area contributed by atoms with Crippen LogP contribution in [0.25, 0.3) is 0 Å². The van der Waals surface area contributed by atoms with Crippen molar-refractivity contribution in [2.24, 2.45) is 0 Å². The molecule has 1 aromatic heterocycles. The van der Waals surface area contributed by atoms with Gasteiger partial charge in [-0.1, -0.05) is 15.9 Å². The summed E-state index contributed by atoms with van der Waals surface area (Å²) < 4.78 is 0.837. The monoisotopic (exact) mass is 317 g/mol. The number of hydrogen-bond donors (Lipinski definition) is 2. The summed E-state index contributed by atoms with van der Waals surface area (Å²) in [7, 11) is 0. The first-order valence-corrected chi connectivity index (χ1v) is 6.05. The average molecular weight is 318 g/mol. The summed E-state index contributed by atoms with van der Waals surface area (Å²) in [5.41, 5.74) is 1.70. The first kappa shape index (κ1) is 13.1. The Balaban J connectivity index is 2.28. The summed E-state index contributed by atoms with van der Waals surface area (Å²) in [4.78, 5) is 14.5. The summed E-state index contributed by atoms with van der Waals surface area (Å²) in [5.74, 6) is -1.08. The molecule has 1 heterocycles. The molecular formula is C13H8BrN3O2. The number of nitriles is 1. The predicted octanol–water partition coefficient (Wildman–Crippen LogP) is 3.16. The molecule has 19 heavy (non-hydrogen) atoms. The predicted molar refractivity (Wildman–Crippen MR) is 73.3 cm³/mol. The quantitative estimate of drug-likeness (QED) is 0.908. The van der Waals surface area contributed by atoms with Gasteiger partial charge in [0.2, 0.25) is 0 Å². The molecule has 0 bridgehead atoms. The van der Waals surface area contributed by atoms with Crippen LogP contribution in [0.1, 0.15) is 16.1 Å². The molecule has 2 rings (SSSR count). The molecule has 0 saturated carbocycles. The lowest BCUT2D eigenvalue weighted by molar-refractivity contribution is 0.0690. The second-order valence-electron chi connectivity index (χ2n) is 3.66. The molecule has 2 N–H and O–H groups in total. The van der Waals surface area contributed by atoms with E-state index in [2.05, 4.69) is 32.3 Å². The molecule has 0 unspecified atom stereocenters. The molecular weight excluding hydrogens is 310 g/mol. The van der Waals surface area contributed by atoms with Crippen molar-refractivity contribution >= 4 is 33.3 Å². The summed E-state index contributed by atoms with van der Waals surface area (Å²) in [6, 6.07) is 10.3. The molecule has 0 aliphatic heterocycles. The Labute approximate surface area is 117 Å². The highest BCUT2D eigenvalue weighted by atomic mass is 79.9. The number of aromatic carboxylic acids is 1. The van der Waals surface area contributed by atoms with Gasteiger partial charge in [0.05, 0.1) is 23.1 Å². The maximum Gasteiger partial charge on any atom is 0.354 e. The highest BCUT2D eigenvalue weighted by Crippen LogP contribution is 2.24. The van der Waals surface area contributed by atoms with Crippen LogP contribution in [-0.2, 0) is 0 Å². The first-order chi connectivity index (χ1) is 9.10. The van der Waals surface area contributed by atoms with E-state index in [4.69, 9.17) is 10.4 Å². The van der Waals surface area contributed by atoms with Gasteiger partial charge < -0.3 is 10.4 Å². The second-order valence-corrected chi connectivity index (χ2v) is 4.58. The number of benzene rings is 1. The summed E-state index contributed by atoms with van der Waals surface area (Å²) in [5, 5.41) is 20.8. The van der Waals surface area contributed by atoms with Gasteiger partial charge in [-0.05, 0) is 30.3 Å². The van der Waals surface area contributed by atoms with Crippen LogP contribution < -0.4 is 5.32 Å². The van der Waals surface area contributed by atoms with Crippen LogP contribution >= 0.6 is 15.9 Å². The van der Waals surface area contributed by atoms with Crippen molar-refractivity contribution in [2.45, 2.75) is 0 Å². The number of pyridine rings is 1. The molecule has 0 fully saturated rings. The Bertz CT molecular complexity index is 663. The van der Waals surface area contributed by atoms with E-state index in [1.807, 2.05) is 0 Å². The summed E-state index contributed by atoms with van der Waals surface area (Å²) in [6.45, 7) is 0. The Kier molecular flexibility index (Phi) is 3.78. The van der Waals surface area contributed by atoms with Crippen molar-refractivity contribution < 1.29 is 9.90 Å². The van der Waals surface area contributed by atoms with Crippen molar-refractivity contribution in [3.8, 4) is 6.07 Å². The smallest absolute Gasteiger partial charge is 0.354 e. The largest absolute Gasteiger partial charge is 0.477 e. The van der Waals surface area contributed by atoms with Gasteiger partial charge in [0, 0.05) is 4.47 Å². The molecule has 1 aromatic carbocycles. The Morgan fingerprint density at radius 1 is 1.37 bits per heavy atom. The van der Waals surface area contributed by atoms with Crippen LogP contribution in [0.3, 0.4) is 0 Å². The van der Waals surface area contributed by atoms with Gasteiger partial charge in [-0.25, -0.2) is 9.78 Å². The number of rotatable bonds is 3. The van der Waals surface area contributed by atoms with Crippen molar-refractivity contribution in [2.75, 3.05) is 5.32 Å². The molecule has 0 aliphatic rings. The maximum atomic E-state index is 10.7. The number of carboxylic acid groups (broad SMARTS) is 1. The average Bonchev–Trinajstić information content (AvgIpc) is 2.39. The van der Waals surface area contributed by atoms with E-state index in [0.717, 1.165) is 4.47 Å². The minimum atomic E-state index is -1.08. The van der Waals surface area contributed by atoms with Gasteiger partial charge in [-0.15, -0.1) is 0 Å². The number of carboxylic acids is 1. The van der Waals surface area contributed by atoms with Gasteiger partial charge in [-0.3, -0.25) is 0 Å². The van der Waals surface area contributed by atoms with E-state index in [9.17, 15) is 4.79 Å². The number of aromatic nitrogens is 1. The van der Waals surface area contributed by atoms with E-state index in [-0.39, 0.29) is 5.69 Å². The molecule has 0 radical (unpaired) electrons. The molecule has 0 spiro atoms. The lowest BCUT2D eigenvalue weighted by Gasteiger charge is -2.08. The van der Waals surface area contributed by atoms with Crippen LogP contribution in [0.4, 0.5) is 11.4 Å². The van der Waals surface area contributed by atoms with E-state index < -0.39 is 5.97 Å². The summed E-state index contributed by atoms with van der Waals surface area (Å²) >= 11 is 3.33. The third-order valence-electron chi connectivity index (χ3n) is 2.36. The van der Waals surface area contributed by atoms with Gasteiger partial charge in [-0.2, -0.15) is 5.26 Å². The summed E-state index contributed by atoms with van der Waals surface area (Å²) in [6.07, 6.45) is 1.41. The minimum absolute atomic E-state index is 0.0275. The highest BCUT2D eigenvalue weighted by molar-refractivity contribution is 9.10. The Morgan fingerprint density at radius 2 is 2.16 bits per heavy atom. The van der Waals surface area contributed by atoms with E-state index >= 15 is 0 Å². The molecule has 0 aliphatic carbocycles. The normalized spacial score (nSPS) is 9.68. The number of halogens is 1. The molecule has 0 atom stereocenters. The van der Waals surface area contributed by atoms with Gasteiger partial charge >= 0.3 is 5.97 Å². The van der Waals surface area contributed by atoms with Crippen molar-refractivity contribution in [1.29, 1.82) is 5.26 Å². The minimum Gasteiger partial charge on any atom is -0.477 e. The van der Waals surface area contributed by atoms with Crippen molar-refractivity contribution in [3.63, 3.8) is 0 Å². The fraction of sp³-hybridized carbons (Fsp3) is 0. The third-order valence-corrected chi connectivity index (χ3v) is 2.86. The molecule has 0 saturated heterocycles. The van der Waals surface area contributed by atoms with Crippen molar-refractivity contribution in [1.82, 2.24) is 4.98 Å². The van der Waals surface area contributed by atoms with E-state index in [0.29, 0.717) is 16.9 Å². The van der Waals surface area contributed by atoms with Crippen LogP contribution in [0, 0.1) is 11.3 Å². The van der Waals surface area contributed by atoms with Crippen LogP contribution in [0.15, 0.2) is 41.0 Å². The number of nitrogens with one attached hydrogen (secondary N) is 1. The Hall–Kier alpha value is -2.39. The van der Waals surface area contributed by atoms with E-state index in [1.165, 1.54) is 12.3 Å². The first-order valence-electron chi connectivity index (χ1n) is 5.26. The Morgan fingerprint density at radius 3 is 2.74 bits per heavy atom. The highest BCUT2D eigenvalue weighted by Gasteiger charge is 2.06. The molecule has 5 nitrogen and oxygen atoms in total. The molecule has 2 aromatic rings. The van der Waals surface area contributed by atoms with Crippen LogP contribution in [-0.4, -0.2) is 16.1 Å². The van der Waals surface area contributed by atoms with Gasteiger partial charge in [0.1, 0.15) is 11.8 Å². The van der Waals surface area contributed by atoms with Gasteiger partial charge in [0.25, 0.3) is 0 Å².